The third kappa shape index (κ3) is 1.67. The van der Waals surface area contributed by atoms with E-state index in [0.717, 1.165) is 11.3 Å². The fraction of sp³-hybridized carbons (Fsp3) is 0. The van der Waals surface area contributed by atoms with Crippen LogP contribution in [0.2, 0.25) is 0 Å². The van der Waals surface area contributed by atoms with Gasteiger partial charge in [0.05, 0.1) is 5.69 Å². The summed E-state index contributed by atoms with van der Waals surface area (Å²) in [5.74, 6) is 5.61. The highest BCUT2D eigenvalue weighted by atomic mass is 15.3. The van der Waals surface area contributed by atoms with Crippen molar-refractivity contribution in [3.8, 4) is 11.3 Å². The van der Waals surface area contributed by atoms with E-state index < -0.39 is 0 Å². The van der Waals surface area contributed by atoms with Gasteiger partial charge in [0.15, 0.2) is 0 Å². The minimum atomic E-state index is 0.402. The number of hydrazine groups is 1. The van der Waals surface area contributed by atoms with Crippen LogP contribution in [-0.2, 0) is 0 Å². The molecule has 70 valence electrons. The smallest absolute Gasteiger partial charge is 0.237 e. The molecule has 0 aliphatic heterocycles. The molecular formula is C9H9N5. The molecule has 0 saturated carbocycles. The quantitative estimate of drug-likeness (QED) is 0.537. The number of nitrogens with one attached hydrogen (secondary N) is 1. The maximum Gasteiger partial charge on any atom is 0.237 e. The highest BCUT2D eigenvalue weighted by molar-refractivity contribution is 5.58. The number of anilines is 1. The van der Waals surface area contributed by atoms with Gasteiger partial charge in [-0.05, 0) is 18.2 Å². The minimum Gasteiger partial charge on any atom is -0.292 e. The number of nitrogen functional groups attached to an aromatic ring is 1. The Hall–Kier alpha value is -2.01. The molecule has 5 heteroatoms. The van der Waals surface area contributed by atoms with Gasteiger partial charge in [0, 0.05) is 24.2 Å². The Bertz CT molecular complexity index is 415. The van der Waals surface area contributed by atoms with Crippen LogP contribution in [0.1, 0.15) is 0 Å². The monoisotopic (exact) mass is 187 g/mol. The van der Waals surface area contributed by atoms with E-state index in [1.54, 1.807) is 18.6 Å². The normalized spacial score (nSPS) is 9.79. The largest absolute Gasteiger partial charge is 0.292 e. The molecule has 2 rings (SSSR count). The van der Waals surface area contributed by atoms with Gasteiger partial charge in [0.25, 0.3) is 0 Å². The van der Waals surface area contributed by atoms with Crippen molar-refractivity contribution >= 4 is 5.95 Å². The molecule has 0 bridgehead atoms. The van der Waals surface area contributed by atoms with Crippen LogP contribution in [0.5, 0.6) is 0 Å². The average molecular weight is 187 g/mol. The van der Waals surface area contributed by atoms with Crippen molar-refractivity contribution in [1.29, 1.82) is 0 Å². The van der Waals surface area contributed by atoms with Crippen LogP contribution in [0.3, 0.4) is 0 Å². The van der Waals surface area contributed by atoms with Gasteiger partial charge in [-0.3, -0.25) is 10.4 Å². The highest BCUT2D eigenvalue weighted by Crippen LogP contribution is 2.15. The summed E-state index contributed by atoms with van der Waals surface area (Å²) < 4.78 is 0. The second kappa shape index (κ2) is 3.80. The molecule has 2 heterocycles. The Balaban J connectivity index is 2.42. The van der Waals surface area contributed by atoms with Crippen LogP contribution >= 0.6 is 0 Å². The Morgan fingerprint density at radius 3 is 2.57 bits per heavy atom. The minimum absolute atomic E-state index is 0.402. The predicted molar refractivity (Wildman–Crippen MR) is 53.1 cm³/mol. The standard InChI is InChI=1S/C9H9N5/c10-14-9-12-6-3-8(13-9)7-1-4-11-5-2-7/h1-6H,10H2,(H,12,13,14). The Morgan fingerprint density at radius 1 is 1.07 bits per heavy atom. The molecule has 2 aromatic rings. The van der Waals surface area contributed by atoms with Gasteiger partial charge in [-0.1, -0.05) is 0 Å². The number of pyridine rings is 1. The van der Waals surface area contributed by atoms with Gasteiger partial charge in [0.1, 0.15) is 0 Å². The number of rotatable bonds is 2. The molecule has 2 aromatic heterocycles. The number of nitrogens with zero attached hydrogens (tertiary/aromatic N) is 3. The van der Waals surface area contributed by atoms with E-state index in [1.165, 1.54) is 0 Å². The van der Waals surface area contributed by atoms with E-state index in [9.17, 15) is 0 Å². The number of aromatic nitrogens is 3. The molecule has 0 fully saturated rings. The zero-order chi connectivity index (χ0) is 9.80. The Kier molecular flexibility index (Phi) is 2.33. The summed E-state index contributed by atoms with van der Waals surface area (Å²) in [6, 6.07) is 5.57. The van der Waals surface area contributed by atoms with Crippen molar-refractivity contribution < 1.29 is 0 Å². The summed E-state index contributed by atoms with van der Waals surface area (Å²) >= 11 is 0. The lowest BCUT2D eigenvalue weighted by molar-refractivity contribution is 1.12. The molecule has 5 nitrogen and oxygen atoms in total. The van der Waals surface area contributed by atoms with Crippen molar-refractivity contribution in [3.63, 3.8) is 0 Å². The molecule has 0 radical (unpaired) electrons. The maximum absolute atomic E-state index is 5.21. The molecule has 0 unspecified atom stereocenters. The lowest BCUT2D eigenvalue weighted by atomic mass is 10.2. The SMILES string of the molecule is NNc1nccc(-c2ccncc2)n1. The van der Waals surface area contributed by atoms with Crippen LogP contribution in [0, 0.1) is 0 Å². The molecule has 0 saturated heterocycles. The van der Waals surface area contributed by atoms with Gasteiger partial charge < -0.3 is 0 Å². The molecule has 0 atom stereocenters. The third-order valence-corrected chi connectivity index (χ3v) is 1.76. The van der Waals surface area contributed by atoms with Crippen LogP contribution in [0.25, 0.3) is 11.3 Å². The third-order valence-electron chi connectivity index (χ3n) is 1.76. The van der Waals surface area contributed by atoms with Crippen LogP contribution < -0.4 is 11.3 Å². The first kappa shape index (κ1) is 8.58. The van der Waals surface area contributed by atoms with Crippen molar-refractivity contribution in [3.05, 3.63) is 36.8 Å². The molecule has 0 spiro atoms. The maximum atomic E-state index is 5.21. The van der Waals surface area contributed by atoms with Gasteiger partial charge in [-0.25, -0.2) is 15.8 Å². The second-order valence-electron chi connectivity index (χ2n) is 2.65. The van der Waals surface area contributed by atoms with E-state index in [0.29, 0.717) is 5.95 Å². The first-order chi connectivity index (χ1) is 6.90. The summed E-state index contributed by atoms with van der Waals surface area (Å²) in [7, 11) is 0. The van der Waals surface area contributed by atoms with Crippen molar-refractivity contribution in [2.24, 2.45) is 5.84 Å². The molecular weight excluding hydrogens is 178 g/mol. The Morgan fingerprint density at radius 2 is 1.86 bits per heavy atom. The lowest BCUT2D eigenvalue weighted by Crippen LogP contribution is -2.10. The molecule has 14 heavy (non-hydrogen) atoms. The van der Waals surface area contributed by atoms with Crippen molar-refractivity contribution in [1.82, 2.24) is 15.0 Å². The van der Waals surface area contributed by atoms with Gasteiger partial charge in [-0.2, -0.15) is 0 Å². The van der Waals surface area contributed by atoms with E-state index >= 15 is 0 Å². The van der Waals surface area contributed by atoms with Crippen LogP contribution in [0.4, 0.5) is 5.95 Å². The number of nitrogens with two attached hydrogens (primary N) is 1. The second-order valence-corrected chi connectivity index (χ2v) is 2.65. The Labute approximate surface area is 81.0 Å². The molecule has 0 aliphatic rings. The molecule has 0 aromatic carbocycles. The summed E-state index contributed by atoms with van der Waals surface area (Å²) in [5.41, 5.74) is 4.20. The van der Waals surface area contributed by atoms with Crippen LogP contribution in [0.15, 0.2) is 36.8 Å². The van der Waals surface area contributed by atoms with Gasteiger partial charge in [0.2, 0.25) is 5.95 Å². The number of hydrogen-bond donors (Lipinski definition) is 2. The zero-order valence-electron chi connectivity index (χ0n) is 7.38. The van der Waals surface area contributed by atoms with E-state index in [4.69, 9.17) is 5.84 Å². The van der Waals surface area contributed by atoms with E-state index in [1.807, 2.05) is 18.2 Å². The highest BCUT2D eigenvalue weighted by Gasteiger charge is 1.99. The molecule has 0 amide bonds. The zero-order valence-corrected chi connectivity index (χ0v) is 7.38. The summed E-state index contributed by atoms with van der Waals surface area (Å²) in [6.07, 6.45) is 5.08. The summed E-state index contributed by atoms with van der Waals surface area (Å²) in [6.45, 7) is 0. The average Bonchev–Trinajstić information content (AvgIpc) is 2.30. The fourth-order valence-electron chi connectivity index (χ4n) is 1.11. The summed E-state index contributed by atoms with van der Waals surface area (Å²) in [5, 5.41) is 0. The van der Waals surface area contributed by atoms with Gasteiger partial charge >= 0.3 is 0 Å². The first-order valence-electron chi connectivity index (χ1n) is 4.10. The van der Waals surface area contributed by atoms with E-state index in [2.05, 4.69) is 20.4 Å². The molecule has 0 aliphatic carbocycles. The topological polar surface area (TPSA) is 76.7 Å². The summed E-state index contributed by atoms with van der Waals surface area (Å²) in [4.78, 5) is 12.0. The van der Waals surface area contributed by atoms with Crippen molar-refractivity contribution in [2.75, 3.05) is 5.43 Å². The molecule has 3 N–H and O–H groups in total. The number of hydrogen-bond acceptors (Lipinski definition) is 5. The van der Waals surface area contributed by atoms with Crippen LogP contribution in [-0.4, -0.2) is 15.0 Å². The fourth-order valence-corrected chi connectivity index (χ4v) is 1.11. The predicted octanol–water partition coefficient (Wildman–Crippen LogP) is 0.824. The van der Waals surface area contributed by atoms with Crippen molar-refractivity contribution in [2.45, 2.75) is 0 Å². The first-order valence-corrected chi connectivity index (χ1v) is 4.10. The van der Waals surface area contributed by atoms with Gasteiger partial charge in [-0.15, -0.1) is 0 Å². The van der Waals surface area contributed by atoms with E-state index in [-0.39, 0.29) is 0 Å². The lowest BCUT2D eigenvalue weighted by Gasteiger charge is -2.01.